The number of hydrogen-bond donors (Lipinski definition) is 2. The van der Waals surface area contributed by atoms with E-state index in [0.29, 0.717) is 12.2 Å². The lowest BCUT2D eigenvalue weighted by Crippen LogP contribution is -2.44. The molecule has 1 aliphatic heterocycles. The van der Waals surface area contributed by atoms with Crippen molar-refractivity contribution < 1.29 is 14.7 Å². The molecule has 2 fully saturated rings. The number of carbonyl (C=O) groups excluding carboxylic acids is 2. The molecule has 0 radical (unpaired) electrons. The van der Waals surface area contributed by atoms with Gasteiger partial charge in [-0.15, -0.1) is 0 Å². The SMILES string of the molecule is CC(C)(O)c1cccc(NC(=O)C2CCCN(C(=O)C3CC3)C2)c1. The van der Waals surface area contributed by atoms with Crippen molar-refractivity contribution in [2.75, 3.05) is 18.4 Å². The van der Waals surface area contributed by atoms with Crippen LogP contribution in [0.25, 0.3) is 0 Å². The molecule has 1 heterocycles. The summed E-state index contributed by atoms with van der Waals surface area (Å²) in [6.45, 7) is 4.73. The van der Waals surface area contributed by atoms with E-state index >= 15 is 0 Å². The second-order valence-electron chi connectivity index (χ2n) is 7.53. The van der Waals surface area contributed by atoms with Crippen molar-refractivity contribution in [3.63, 3.8) is 0 Å². The highest BCUT2D eigenvalue weighted by molar-refractivity contribution is 5.93. The second-order valence-corrected chi connectivity index (χ2v) is 7.53. The Labute approximate surface area is 143 Å². The molecule has 2 aliphatic rings. The van der Waals surface area contributed by atoms with E-state index in [9.17, 15) is 14.7 Å². The number of anilines is 1. The number of hydrogen-bond acceptors (Lipinski definition) is 3. The van der Waals surface area contributed by atoms with Gasteiger partial charge in [-0.25, -0.2) is 0 Å². The molecule has 1 aliphatic carbocycles. The average Bonchev–Trinajstić information content (AvgIpc) is 3.38. The Balaban J connectivity index is 1.63. The van der Waals surface area contributed by atoms with Crippen molar-refractivity contribution in [3.05, 3.63) is 29.8 Å². The zero-order chi connectivity index (χ0) is 17.3. The van der Waals surface area contributed by atoms with E-state index < -0.39 is 5.60 Å². The van der Waals surface area contributed by atoms with Crippen LogP contribution in [0.15, 0.2) is 24.3 Å². The van der Waals surface area contributed by atoms with E-state index in [2.05, 4.69) is 5.32 Å². The van der Waals surface area contributed by atoms with Gasteiger partial charge in [0.1, 0.15) is 0 Å². The van der Waals surface area contributed by atoms with Crippen LogP contribution < -0.4 is 5.32 Å². The summed E-state index contributed by atoms with van der Waals surface area (Å²) in [6.07, 6.45) is 3.68. The number of amides is 2. The number of benzene rings is 1. The van der Waals surface area contributed by atoms with Gasteiger partial charge >= 0.3 is 0 Å². The second kappa shape index (κ2) is 6.55. The van der Waals surface area contributed by atoms with Gasteiger partial charge in [0.25, 0.3) is 0 Å². The van der Waals surface area contributed by atoms with E-state index in [1.54, 1.807) is 19.9 Å². The largest absolute Gasteiger partial charge is 0.386 e. The molecular weight excluding hydrogens is 304 g/mol. The Kier molecular flexibility index (Phi) is 4.63. The Morgan fingerprint density at radius 1 is 1.21 bits per heavy atom. The summed E-state index contributed by atoms with van der Waals surface area (Å²) >= 11 is 0. The van der Waals surface area contributed by atoms with E-state index in [4.69, 9.17) is 0 Å². The fraction of sp³-hybridized carbons (Fsp3) is 0.579. The quantitative estimate of drug-likeness (QED) is 0.891. The van der Waals surface area contributed by atoms with Crippen molar-refractivity contribution in [1.82, 2.24) is 4.90 Å². The van der Waals surface area contributed by atoms with Gasteiger partial charge in [-0.3, -0.25) is 9.59 Å². The van der Waals surface area contributed by atoms with Crippen molar-refractivity contribution in [2.24, 2.45) is 11.8 Å². The predicted octanol–water partition coefficient (Wildman–Crippen LogP) is 2.50. The molecule has 24 heavy (non-hydrogen) atoms. The highest BCUT2D eigenvalue weighted by atomic mass is 16.3. The van der Waals surface area contributed by atoms with Gasteiger partial charge in [0.15, 0.2) is 0 Å². The van der Waals surface area contributed by atoms with Crippen molar-refractivity contribution >= 4 is 17.5 Å². The highest BCUT2D eigenvalue weighted by Gasteiger charge is 2.36. The summed E-state index contributed by atoms with van der Waals surface area (Å²) < 4.78 is 0. The molecule has 2 N–H and O–H groups in total. The van der Waals surface area contributed by atoms with Crippen LogP contribution in [-0.2, 0) is 15.2 Å². The molecule has 2 amide bonds. The standard InChI is InChI=1S/C19H26N2O3/c1-19(2,24)15-6-3-7-16(11-15)20-17(22)14-5-4-10-21(12-14)18(23)13-8-9-13/h3,6-7,11,13-14,24H,4-5,8-10,12H2,1-2H3,(H,20,22). The minimum atomic E-state index is -0.945. The number of rotatable bonds is 4. The van der Waals surface area contributed by atoms with Gasteiger partial charge in [-0.2, -0.15) is 0 Å². The van der Waals surface area contributed by atoms with Crippen LogP contribution >= 0.6 is 0 Å². The lowest BCUT2D eigenvalue weighted by Gasteiger charge is -2.32. The first-order valence-corrected chi connectivity index (χ1v) is 8.77. The number of carbonyl (C=O) groups is 2. The number of nitrogens with zero attached hydrogens (tertiary/aromatic N) is 1. The molecule has 0 aromatic heterocycles. The van der Waals surface area contributed by atoms with Crippen molar-refractivity contribution in [2.45, 2.75) is 45.1 Å². The Morgan fingerprint density at radius 3 is 2.62 bits per heavy atom. The molecule has 1 unspecified atom stereocenters. The Bertz CT molecular complexity index is 632. The molecule has 1 aromatic carbocycles. The first-order valence-electron chi connectivity index (χ1n) is 8.77. The fourth-order valence-corrected chi connectivity index (χ4v) is 3.20. The lowest BCUT2D eigenvalue weighted by molar-refractivity contribution is -0.135. The minimum absolute atomic E-state index is 0.0452. The molecule has 0 spiro atoms. The third-order valence-corrected chi connectivity index (χ3v) is 4.87. The van der Waals surface area contributed by atoms with Crippen molar-refractivity contribution in [3.8, 4) is 0 Å². The number of nitrogens with one attached hydrogen (secondary N) is 1. The van der Waals surface area contributed by atoms with Crippen LogP contribution in [0.2, 0.25) is 0 Å². The van der Waals surface area contributed by atoms with E-state index in [-0.39, 0.29) is 23.7 Å². The minimum Gasteiger partial charge on any atom is -0.386 e. The summed E-state index contributed by atoms with van der Waals surface area (Å²) in [5, 5.41) is 13.0. The maximum Gasteiger partial charge on any atom is 0.229 e. The van der Waals surface area contributed by atoms with Gasteiger partial charge in [0.2, 0.25) is 11.8 Å². The predicted molar refractivity (Wildman–Crippen MR) is 92.3 cm³/mol. The average molecular weight is 330 g/mol. The number of piperidine rings is 1. The first-order chi connectivity index (χ1) is 11.3. The third-order valence-electron chi connectivity index (χ3n) is 4.87. The van der Waals surface area contributed by atoms with E-state index in [1.165, 1.54) is 0 Å². The normalized spacial score (nSPS) is 21.5. The molecule has 5 heteroatoms. The molecular formula is C19H26N2O3. The van der Waals surface area contributed by atoms with Gasteiger partial charge in [-0.05, 0) is 57.2 Å². The van der Waals surface area contributed by atoms with Crippen LogP contribution in [0.5, 0.6) is 0 Å². The summed E-state index contributed by atoms with van der Waals surface area (Å²) in [4.78, 5) is 26.6. The number of aliphatic hydroxyl groups is 1. The van der Waals surface area contributed by atoms with Crippen LogP contribution in [0.3, 0.4) is 0 Å². The van der Waals surface area contributed by atoms with Gasteiger partial charge in [0, 0.05) is 24.7 Å². The Morgan fingerprint density at radius 2 is 1.96 bits per heavy atom. The summed E-state index contributed by atoms with van der Waals surface area (Å²) in [7, 11) is 0. The molecule has 130 valence electrons. The van der Waals surface area contributed by atoms with E-state index in [1.807, 2.05) is 23.1 Å². The van der Waals surface area contributed by atoms with E-state index in [0.717, 1.165) is 37.8 Å². The molecule has 3 rings (SSSR count). The lowest BCUT2D eigenvalue weighted by atomic mass is 9.95. The van der Waals surface area contributed by atoms with Crippen molar-refractivity contribution in [1.29, 1.82) is 0 Å². The fourth-order valence-electron chi connectivity index (χ4n) is 3.20. The molecule has 1 saturated heterocycles. The van der Waals surface area contributed by atoms with Crippen LogP contribution in [0.1, 0.15) is 45.1 Å². The zero-order valence-electron chi connectivity index (χ0n) is 14.4. The summed E-state index contributed by atoms with van der Waals surface area (Å²) in [5.41, 5.74) is 0.499. The highest BCUT2D eigenvalue weighted by Crippen LogP contribution is 2.32. The summed E-state index contributed by atoms with van der Waals surface area (Å²) in [5.74, 6) is 0.218. The monoisotopic (exact) mass is 330 g/mol. The zero-order valence-corrected chi connectivity index (χ0v) is 14.4. The van der Waals surface area contributed by atoms with Crippen LogP contribution in [0, 0.1) is 11.8 Å². The Hall–Kier alpha value is -1.88. The van der Waals surface area contributed by atoms with Gasteiger partial charge in [0.05, 0.1) is 11.5 Å². The molecule has 1 saturated carbocycles. The number of likely N-dealkylation sites (tertiary alicyclic amines) is 1. The van der Waals surface area contributed by atoms with Gasteiger partial charge in [-0.1, -0.05) is 12.1 Å². The van der Waals surface area contributed by atoms with Crippen LogP contribution in [0.4, 0.5) is 5.69 Å². The topological polar surface area (TPSA) is 69.6 Å². The molecule has 1 atom stereocenters. The van der Waals surface area contributed by atoms with Gasteiger partial charge < -0.3 is 15.3 Å². The molecule has 1 aromatic rings. The smallest absolute Gasteiger partial charge is 0.229 e. The summed E-state index contributed by atoms with van der Waals surface area (Å²) in [6, 6.07) is 7.29. The van der Waals surface area contributed by atoms with Crippen LogP contribution in [-0.4, -0.2) is 34.9 Å². The maximum atomic E-state index is 12.6. The maximum absolute atomic E-state index is 12.6. The first kappa shape index (κ1) is 17.0. The molecule has 0 bridgehead atoms. The third kappa shape index (κ3) is 3.96. The molecule has 5 nitrogen and oxygen atoms in total.